The zero-order valence-corrected chi connectivity index (χ0v) is 11.8. The molecule has 0 fully saturated rings. The zero-order valence-electron chi connectivity index (χ0n) is 11.8. The number of rotatable bonds is 4. The number of aromatic nitrogens is 2. The first kappa shape index (κ1) is 16.5. The lowest BCUT2D eigenvalue weighted by Gasteiger charge is -2.13. The number of anilines is 1. The predicted octanol–water partition coefficient (Wildman–Crippen LogP) is 2.80. The van der Waals surface area contributed by atoms with Crippen LogP contribution in [0, 0.1) is 0 Å². The quantitative estimate of drug-likeness (QED) is 0.904. The summed E-state index contributed by atoms with van der Waals surface area (Å²) in [6.45, 7) is 1.48. The molecule has 1 aromatic carbocycles. The van der Waals surface area contributed by atoms with E-state index >= 15 is 0 Å². The number of hydrogen-bond acceptors (Lipinski definition) is 3. The Bertz CT molecular complexity index is 723. The van der Waals surface area contributed by atoms with E-state index in [1.165, 1.54) is 13.1 Å². The molecule has 6 nitrogen and oxygen atoms in total. The number of halogens is 3. The maximum atomic E-state index is 12.5. The average molecular weight is 327 g/mol. The molecule has 0 aliphatic carbocycles. The number of benzene rings is 1. The highest BCUT2D eigenvalue weighted by molar-refractivity contribution is 5.93. The van der Waals surface area contributed by atoms with Crippen LogP contribution in [0.3, 0.4) is 0 Å². The van der Waals surface area contributed by atoms with Crippen LogP contribution in [0.1, 0.15) is 28.9 Å². The van der Waals surface area contributed by atoms with E-state index in [4.69, 9.17) is 5.11 Å². The molecule has 122 valence electrons. The van der Waals surface area contributed by atoms with Gasteiger partial charge in [0.2, 0.25) is 5.91 Å². The van der Waals surface area contributed by atoms with Crippen molar-refractivity contribution < 1.29 is 27.9 Å². The molecule has 0 radical (unpaired) electrons. The number of carbonyl (C=O) groups excluding carboxylic acids is 1. The van der Waals surface area contributed by atoms with Crippen molar-refractivity contribution in [3.05, 3.63) is 47.8 Å². The largest absolute Gasteiger partial charge is 0.478 e. The number of aromatic carboxylic acids is 1. The van der Waals surface area contributed by atoms with E-state index in [1.54, 1.807) is 0 Å². The number of carboxylic acids is 1. The minimum absolute atomic E-state index is 0.0702. The van der Waals surface area contributed by atoms with Crippen molar-refractivity contribution in [3.63, 3.8) is 0 Å². The molecule has 0 aliphatic rings. The first-order valence-corrected chi connectivity index (χ1v) is 6.44. The van der Waals surface area contributed by atoms with Crippen molar-refractivity contribution in [2.75, 3.05) is 5.32 Å². The van der Waals surface area contributed by atoms with E-state index in [-0.39, 0.29) is 11.3 Å². The van der Waals surface area contributed by atoms with Gasteiger partial charge in [0.15, 0.2) is 0 Å². The zero-order chi connectivity index (χ0) is 17.2. The first-order chi connectivity index (χ1) is 10.7. The summed E-state index contributed by atoms with van der Waals surface area (Å²) in [5.74, 6) is -1.71. The van der Waals surface area contributed by atoms with Crippen molar-refractivity contribution in [1.82, 2.24) is 9.78 Å². The molecule has 2 N–H and O–H groups in total. The van der Waals surface area contributed by atoms with Crippen LogP contribution in [0.25, 0.3) is 0 Å². The number of amides is 1. The lowest BCUT2D eigenvalue weighted by molar-refractivity contribution is -0.137. The van der Waals surface area contributed by atoms with E-state index in [0.29, 0.717) is 0 Å². The number of nitrogens with one attached hydrogen (secondary N) is 1. The lowest BCUT2D eigenvalue weighted by Crippen LogP contribution is -2.24. The van der Waals surface area contributed by atoms with Crippen LogP contribution >= 0.6 is 0 Å². The van der Waals surface area contributed by atoms with Crippen molar-refractivity contribution in [2.24, 2.45) is 0 Å². The second-order valence-electron chi connectivity index (χ2n) is 4.75. The fraction of sp³-hybridized carbons (Fsp3) is 0.214. The summed E-state index contributed by atoms with van der Waals surface area (Å²) >= 11 is 0. The van der Waals surface area contributed by atoms with Gasteiger partial charge in [-0.2, -0.15) is 18.3 Å². The Morgan fingerprint density at radius 2 is 1.87 bits per heavy atom. The van der Waals surface area contributed by atoms with Gasteiger partial charge in [-0.15, -0.1) is 0 Å². The van der Waals surface area contributed by atoms with E-state index in [9.17, 15) is 22.8 Å². The number of carboxylic acid groups (broad SMARTS) is 1. The summed E-state index contributed by atoms with van der Waals surface area (Å²) in [7, 11) is 0. The first-order valence-electron chi connectivity index (χ1n) is 6.44. The summed E-state index contributed by atoms with van der Waals surface area (Å²) in [5, 5.41) is 15.0. The lowest BCUT2D eigenvalue weighted by atomic mass is 10.2. The van der Waals surface area contributed by atoms with Crippen LogP contribution in [-0.2, 0) is 11.0 Å². The van der Waals surface area contributed by atoms with Gasteiger partial charge in [0.25, 0.3) is 0 Å². The maximum Gasteiger partial charge on any atom is 0.416 e. The Morgan fingerprint density at radius 1 is 1.26 bits per heavy atom. The van der Waals surface area contributed by atoms with Gasteiger partial charge in [0.1, 0.15) is 6.04 Å². The smallest absolute Gasteiger partial charge is 0.416 e. The fourth-order valence-corrected chi connectivity index (χ4v) is 1.77. The van der Waals surface area contributed by atoms with Crippen molar-refractivity contribution in [3.8, 4) is 0 Å². The molecule has 1 heterocycles. The minimum Gasteiger partial charge on any atom is -0.478 e. The van der Waals surface area contributed by atoms with Crippen molar-refractivity contribution in [2.45, 2.75) is 19.1 Å². The summed E-state index contributed by atoms with van der Waals surface area (Å²) in [6, 6.07) is 3.16. The standard InChI is InChI=1S/C14H12F3N3O3/c1-8(20-7-9(6-18-20)13(22)23)12(21)19-11-4-2-10(3-5-11)14(15,16)17/h2-8H,1H3,(H,19,21)(H,22,23). The molecule has 0 saturated heterocycles. The second-order valence-corrected chi connectivity index (χ2v) is 4.75. The van der Waals surface area contributed by atoms with Crippen LogP contribution in [0.2, 0.25) is 0 Å². The Hall–Kier alpha value is -2.84. The van der Waals surface area contributed by atoms with Gasteiger partial charge in [-0.05, 0) is 31.2 Å². The van der Waals surface area contributed by atoms with E-state index in [0.717, 1.165) is 35.1 Å². The van der Waals surface area contributed by atoms with Crippen LogP contribution < -0.4 is 5.32 Å². The Balaban J connectivity index is 2.07. The third-order valence-corrected chi connectivity index (χ3v) is 3.10. The Morgan fingerprint density at radius 3 is 2.35 bits per heavy atom. The molecule has 1 unspecified atom stereocenters. The predicted molar refractivity (Wildman–Crippen MR) is 74.0 cm³/mol. The number of alkyl halides is 3. The molecule has 0 spiro atoms. The summed E-state index contributed by atoms with van der Waals surface area (Å²) in [5.41, 5.74) is -0.693. The van der Waals surface area contributed by atoms with Gasteiger partial charge in [-0.25, -0.2) is 4.79 Å². The van der Waals surface area contributed by atoms with Crippen LogP contribution in [0.4, 0.5) is 18.9 Å². The summed E-state index contributed by atoms with van der Waals surface area (Å²) in [4.78, 5) is 22.8. The van der Waals surface area contributed by atoms with Crippen LogP contribution in [0.5, 0.6) is 0 Å². The molecule has 1 amide bonds. The second kappa shape index (κ2) is 6.11. The van der Waals surface area contributed by atoms with Gasteiger partial charge in [0, 0.05) is 11.9 Å². The molecular weight excluding hydrogens is 315 g/mol. The topological polar surface area (TPSA) is 84.2 Å². The van der Waals surface area contributed by atoms with Gasteiger partial charge >= 0.3 is 12.1 Å². The monoisotopic (exact) mass is 327 g/mol. The SMILES string of the molecule is CC(C(=O)Nc1ccc(C(F)(F)F)cc1)n1cc(C(=O)O)cn1. The van der Waals surface area contributed by atoms with Gasteiger partial charge in [0.05, 0.1) is 17.3 Å². The average Bonchev–Trinajstić information content (AvgIpc) is 2.96. The van der Waals surface area contributed by atoms with E-state index in [2.05, 4.69) is 10.4 Å². The third kappa shape index (κ3) is 3.87. The van der Waals surface area contributed by atoms with Crippen molar-refractivity contribution in [1.29, 1.82) is 0 Å². The van der Waals surface area contributed by atoms with Crippen molar-refractivity contribution >= 4 is 17.6 Å². The molecule has 23 heavy (non-hydrogen) atoms. The highest BCUT2D eigenvalue weighted by Crippen LogP contribution is 2.29. The number of hydrogen-bond donors (Lipinski definition) is 2. The number of nitrogens with zero attached hydrogens (tertiary/aromatic N) is 2. The maximum absolute atomic E-state index is 12.5. The molecule has 2 aromatic rings. The third-order valence-electron chi connectivity index (χ3n) is 3.10. The number of carbonyl (C=O) groups is 2. The van der Waals surface area contributed by atoms with E-state index < -0.39 is 29.7 Å². The van der Waals surface area contributed by atoms with Gasteiger partial charge < -0.3 is 10.4 Å². The van der Waals surface area contributed by atoms with Gasteiger partial charge in [-0.1, -0.05) is 0 Å². The van der Waals surface area contributed by atoms with Crippen LogP contribution in [-0.4, -0.2) is 26.8 Å². The fourth-order valence-electron chi connectivity index (χ4n) is 1.77. The van der Waals surface area contributed by atoms with Gasteiger partial charge in [-0.3, -0.25) is 9.48 Å². The summed E-state index contributed by atoms with van der Waals surface area (Å²) < 4.78 is 38.5. The molecule has 0 aliphatic heterocycles. The Kier molecular flexibility index (Phi) is 4.39. The molecular formula is C14H12F3N3O3. The highest BCUT2D eigenvalue weighted by atomic mass is 19.4. The molecule has 0 saturated carbocycles. The molecule has 0 bridgehead atoms. The van der Waals surface area contributed by atoms with E-state index in [1.807, 2.05) is 0 Å². The molecule has 1 atom stereocenters. The molecule has 2 rings (SSSR count). The normalized spacial score (nSPS) is 12.7. The molecule has 1 aromatic heterocycles. The summed E-state index contributed by atoms with van der Waals surface area (Å²) in [6.07, 6.45) is -2.15. The minimum atomic E-state index is -4.45. The molecule has 9 heteroatoms. The van der Waals surface area contributed by atoms with Crippen LogP contribution in [0.15, 0.2) is 36.7 Å². The highest BCUT2D eigenvalue weighted by Gasteiger charge is 2.30. The Labute approximate surface area is 128 Å².